The van der Waals surface area contributed by atoms with Crippen LogP contribution in [0.5, 0.6) is 0 Å². The van der Waals surface area contributed by atoms with Crippen LogP contribution in [0.2, 0.25) is 0 Å². The molecule has 6 nitrogen and oxygen atoms in total. The van der Waals surface area contributed by atoms with Gasteiger partial charge in [0.05, 0.1) is 10.9 Å². The van der Waals surface area contributed by atoms with Gasteiger partial charge in [0.15, 0.2) is 0 Å². The van der Waals surface area contributed by atoms with Gasteiger partial charge in [0.2, 0.25) is 5.91 Å². The monoisotopic (exact) mass is 283 g/mol. The van der Waals surface area contributed by atoms with E-state index in [-0.39, 0.29) is 16.8 Å². The van der Waals surface area contributed by atoms with E-state index in [1.165, 1.54) is 12.1 Å². The first kappa shape index (κ1) is 13.8. The van der Waals surface area contributed by atoms with Gasteiger partial charge in [-0.3, -0.25) is 10.2 Å². The number of carboxylic acids is 1. The van der Waals surface area contributed by atoms with Crippen molar-refractivity contribution >= 4 is 23.5 Å². The minimum absolute atomic E-state index is 0.188. The fourth-order valence-electron chi connectivity index (χ4n) is 1.77. The number of carbonyl (C=O) groups is 2. The van der Waals surface area contributed by atoms with Gasteiger partial charge in [-0.15, -0.1) is 11.6 Å². The van der Waals surface area contributed by atoms with E-state index in [0.29, 0.717) is 13.1 Å². The summed E-state index contributed by atoms with van der Waals surface area (Å²) in [6.07, 6.45) is 0. The highest BCUT2D eigenvalue weighted by Gasteiger charge is 2.30. The van der Waals surface area contributed by atoms with Crippen molar-refractivity contribution in [2.75, 3.05) is 6.54 Å². The molecule has 0 radical (unpaired) electrons. The molecule has 0 aromatic heterocycles. The zero-order chi connectivity index (χ0) is 13.8. The molecule has 0 bridgehead atoms. The summed E-state index contributed by atoms with van der Waals surface area (Å²) in [4.78, 5) is 22.5. The topological polar surface area (TPSA) is 90.5 Å². The van der Waals surface area contributed by atoms with E-state index in [1.54, 1.807) is 12.1 Å². The Morgan fingerprint density at radius 2 is 2.05 bits per heavy atom. The van der Waals surface area contributed by atoms with Crippen LogP contribution in [0.25, 0.3) is 0 Å². The van der Waals surface area contributed by atoms with Gasteiger partial charge in [-0.1, -0.05) is 12.1 Å². The number of amides is 1. The average Bonchev–Trinajstić information content (AvgIpc) is 2.83. The normalized spacial score (nSPS) is 22.2. The minimum atomic E-state index is -0.971. The lowest BCUT2D eigenvalue weighted by atomic mass is 10.1. The molecule has 0 aliphatic carbocycles. The highest BCUT2D eigenvalue weighted by Crippen LogP contribution is 2.08. The van der Waals surface area contributed by atoms with E-state index >= 15 is 0 Å². The summed E-state index contributed by atoms with van der Waals surface area (Å²) in [5, 5.41) is 11.2. The van der Waals surface area contributed by atoms with Crippen LogP contribution in [0.1, 0.15) is 15.9 Å². The smallest absolute Gasteiger partial charge is 0.335 e. The van der Waals surface area contributed by atoms with Gasteiger partial charge in [-0.2, -0.15) is 0 Å². The van der Waals surface area contributed by atoms with E-state index < -0.39 is 12.0 Å². The maximum absolute atomic E-state index is 11.8. The van der Waals surface area contributed by atoms with Crippen molar-refractivity contribution in [2.24, 2.45) is 0 Å². The number of benzene rings is 1. The number of carboxylic acid groups (broad SMARTS) is 1. The zero-order valence-corrected chi connectivity index (χ0v) is 10.8. The first-order valence-corrected chi connectivity index (χ1v) is 6.24. The average molecular weight is 284 g/mol. The number of hydrogen-bond donors (Lipinski definition) is 4. The lowest BCUT2D eigenvalue weighted by Crippen LogP contribution is -2.45. The largest absolute Gasteiger partial charge is 0.478 e. The summed E-state index contributed by atoms with van der Waals surface area (Å²) in [5.41, 5.74) is 6.66. The van der Waals surface area contributed by atoms with E-state index in [0.717, 1.165) is 5.56 Å². The molecule has 2 unspecified atom stereocenters. The molecule has 2 rings (SSSR count). The van der Waals surface area contributed by atoms with E-state index in [2.05, 4.69) is 16.2 Å². The third-order valence-electron chi connectivity index (χ3n) is 2.87. The number of carbonyl (C=O) groups excluding carboxylic acids is 1. The predicted octanol–water partition coefficient (Wildman–Crippen LogP) is 0.0848. The van der Waals surface area contributed by atoms with E-state index in [4.69, 9.17) is 16.7 Å². The molecule has 0 spiro atoms. The van der Waals surface area contributed by atoms with Crippen LogP contribution in [0.3, 0.4) is 0 Å². The Morgan fingerprint density at radius 1 is 1.37 bits per heavy atom. The van der Waals surface area contributed by atoms with E-state index in [1.807, 2.05) is 0 Å². The Kier molecular flexibility index (Phi) is 4.36. The summed E-state index contributed by atoms with van der Waals surface area (Å²) in [6, 6.07) is 5.89. The molecule has 0 saturated carbocycles. The van der Waals surface area contributed by atoms with Gasteiger partial charge >= 0.3 is 5.97 Å². The summed E-state index contributed by atoms with van der Waals surface area (Å²) in [5.74, 6) is -1.16. The number of halogens is 1. The molecule has 1 heterocycles. The molecule has 1 aromatic carbocycles. The molecule has 19 heavy (non-hydrogen) atoms. The van der Waals surface area contributed by atoms with Crippen LogP contribution < -0.4 is 16.2 Å². The van der Waals surface area contributed by atoms with Crippen LogP contribution in [-0.2, 0) is 11.3 Å². The van der Waals surface area contributed by atoms with Gasteiger partial charge in [0, 0.05) is 13.1 Å². The maximum atomic E-state index is 11.8. The number of nitrogens with one attached hydrogen (secondary N) is 3. The number of rotatable bonds is 4. The van der Waals surface area contributed by atoms with Crippen LogP contribution >= 0.6 is 11.6 Å². The fourth-order valence-corrected chi connectivity index (χ4v) is 2.02. The molecular formula is C12H14ClN3O3. The number of aromatic carboxylic acids is 1. The summed E-state index contributed by atoms with van der Waals surface area (Å²) in [7, 11) is 0. The van der Waals surface area contributed by atoms with Gasteiger partial charge < -0.3 is 10.4 Å². The van der Waals surface area contributed by atoms with Crippen LogP contribution in [0.15, 0.2) is 24.3 Å². The molecule has 1 aromatic rings. The molecule has 2 atom stereocenters. The van der Waals surface area contributed by atoms with Crippen molar-refractivity contribution in [3.05, 3.63) is 35.4 Å². The summed E-state index contributed by atoms with van der Waals surface area (Å²) >= 11 is 5.96. The lowest BCUT2D eigenvalue weighted by molar-refractivity contribution is -0.122. The summed E-state index contributed by atoms with van der Waals surface area (Å²) < 4.78 is 0. The van der Waals surface area contributed by atoms with Crippen molar-refractivity contribution in [3.63, 3.8) is 0 Å². The van der Waals surface area contributed by atoms with Gasteiger partial charge in [-0.05, 0) is 17.7 Å². The molecule has 1 fully saturated rings. The quantitative estimate of drug-likeness (QED) is 0.588. The van der Waals surface area contributed by atoms with Crippen molar-refractivity contribution < 1.29 is 14.7 Å². The van der Waals surface area contributed by atoms with Crippen molar-refractivity contribution in [1.82, 2.24) is 16.2 Å². The lowest BCUT2D eigenvalue weighted by Gasteiger charge is -2.13. The number of hydrogen-bond acceptors (Lipinski definition) is 4. The van der Waals surface area contributed by atoms with Gasteiger partial charge in [0.25, 0.3) is 0 Å². The molecule has 4 N–H and O–H groups in total. The number of hydrazine groups is 1. The minimum Gasteiger partial charge on any atom is -0.478 e. The third-order valence-corrected chi connectivity index (χ3v) is 3.27. The van der Waals surface area contributed by atoms with Crippen LogP contribution in [0.4, 0.5) is 0 Å². The first-order valence-electron chi connectivity index (χ1n) is 5.80. The van der Waals surface area contributed by atoms with Crippen molar-refractivity contribution in [2.45, 2.75) is 18.0 Å². The van der Waals surface area contributed by atoms with Gasteiger partial charge in [-0.25, -0.2) is 10.2 Å². The Hall–Kier alpha value is -1.63. The van der Waals surface area contributed by atoms with E-state index in [9.17, 15) is 9.59 Å². The molecule has 1 amide bonds. The molecule has 1 saturated heterocycles. The van der Waals surface area contributed by atoms with Crippen molar-refractivity contribution in [3.8, 4) is 0 Å². The molecule has 7 heteroatoms. The SMILES string of the molecule is O=C(O)c1ccc(CNC(=O)C2NNCC2Cl)cc1. The van der Waals surface area contributed by atoms with Gasteiger partial charge in [0.1, 0.15) is 6.04 Å². The highest BCUT2D eigenvalue weighted by atomic mass is 35.5. The summed E-state index contributed by atoms with van der Waals surface area (Å²) in [6.45, 7) is 0.869. The van der Waals surface area contributed by atoms with Crippen LogP contribution in [-0.4, -0.2) is 34.9 Å². The Balaban J connectivity index is 1.88. The third kappa shape index (κ3) is 3.44. The second kappa shape index (κ2) is 6.01. The standard InChI is InChI=1S/C12H14ClN3O3/c13-9-6-15-16-10(9)11(17)14-5-7-1-3-8(4-2-7)12(18)19/h1-4,9-10,15-16H,5-6H2,(H,14,17)(H,18,19). The van der Waals surface area contributed by atoms with Crippen LogP contribution in [0, 0.1) is 0 Å². The highest BCUT2D eigenvalue weighted by molar-refractivity contribution is 6.23. The molecule has 1 aliphatic rings. The predicted molar refractivity (Wildman–Crippen MR) is 69.8 cm³/mol. The second-order valence-corrected chi connectivity index (χ2v) is 4.80. The zero-order valence-electron chi connectivity index (χ0n) is 10.0. The Morgan fingerprint density at radius 3 is 2.58 bits per heavy atom. The first-order chi connectivity index (χ1) is 9.08. The Labute approximate surface area is 115 Å². The molecule has 102 valence electrons. The second-order valence-electron chi connectivity index (χ2n) is 4.24. The number of alkyl halides is 1. The molecule has 1 aliphatic heterocycles. The maximum Gasteiger partial charge on any atom is 0.335 e. The molecular weight excluding hydrogens is 270 g/mol. The Bertz CT molecular complexity index is 478. The fraction of sp³-hybridized carbons (Fsp3) is 0.333. The van der Waals surface area contributed by atoms with Crippen molar-refractivity contribution in [1.29, 1.82) is 0 Å².